The Bertz CT molecular complexity index is 964. The summed E-state index contributed by atoms with van der Waals surface area (Å²) in [6, 6.07) is 13.0. The normalized spacial score (nSPS) is 12.3. The van der Waals surface area contributed by atoms with Crippen LogP contribution >= 0.6 is 0 Å². The van der Waals surface area contributed by atoms with Crippen LogP contribution in [-0.2, 0) is 8.85 Å². The Morgan fingerprint density at radius 1 is 0.743 bits per heavy atom. The SMILES string of the molecule is CC(C)(C)[Si](C)(C)OCCN(CCO[Si](C)(C)C(C)(C)C)c1ccc(C(C#N)=C(C#N)C#N)cc1. The van der Waals surface area contributed by atoms with Crippen LogP contribution < -0.4 is 4.90 Å². The molecular formula is C27H42N4O2Si2. The zero-order valence-electron chi connectivity index (χ0n) is 23.2. The molecule has 190 valence electrons. The summed E-state index contributed by atoms with van der Waals surface area (Å²) in [5.41, 5.74) is 1.46. The van der Waals surface area contributed by atoms with E-state index in [0.717, 1.165) is 18.8 Å². The van der Waals surface area contributed by atoms with Crippen molar-refractivity contribution >= 4 is 27.9 Å². The molecular weight excluding hydrogens is 468 g/mol. The Morgan fingerprint density at radius 3 is 1.46 bits per heavy atom. The van der Waals surface area contributed by atoms with E-state index in [2.05, 4.69) is 72.6 Å². The lowest BCUT2D eigenvalue weighted by atomic mass is 10.0. The summed E-state index contributed by atoms with van der Waals surface area (Å²) in [6.07, 6.45) is 0. The first-order valence-corrected chi connectivity index (χ1v) is 17.9. The minimum Gasteiger partial charge on any atom is -0.415 e. The predicted molar refractivity (Wildman–Crippen MR) is 149 cm³/mol. The first kappa shape index (κ1) is 30.6. The van der Waals surface area contributed by atoms with E-state index in [1.807, 2.05) is 30.3 Å². The van der Waals surface area contributed by atoms with Gasteiger partial charge in [0.05, 0.1) is 18.8 Å². The quantitative estimate of drug-likeness (QED) is 0.252. The van der Waals surface area contributed by atoms with Gasteiger partial charge in [-0.15, -0.1) is 0 Å². The van der Waals surface area contributed by atoms with Crippen LogP contribution in [0.15, 0.2) is 29.8 Å². The molecule has 0 saturated carbocycles. The summed E-state index contributed by atoms with van der Waals surface area (Å²) in [5, 5.41) is 28.1. The Morgan fingerprint density at radius 2 is 1.14 bits per heavy atom. The molecule has 1 aromatic rings. The van der Waals surface area contributed by atoms with Crippen molar-refractivity contribution in [3.05, 3.63) is 35.4 Å². The molecule has 0 heterocycles. The molecule has 8 heteroatoms. The molecule has 35 heavy (non-hydrogen) atoms. The molecule has 0 aliphatic rings. The fraction of sp³-hybridized carbons (Fsp3) is 0.593. The smallest absolute Gasteiger partial charge is 0.192 e. The lowest BCUT2D eigenvalue weighted by Crippen LogP contribution is -2.44. The summed E-state index contributed by atoms with van der Waals surface area (Å²) >= 11 is 0. The minimum absolute atomic E-state index is 0.0932. The second-order valence-electron chi connectivity index (χ2n) is 11.8. The number of rotatable bonds is 10. The average molecular weight is 511 g/mol. The second kappa shape index (κ2) is 12.0. The third-order valence-electron chi connectivity index (χ3n) is 7.37. The van der Waals surface area contributed by atoms with Gasteiger partial charge < -0.3 is 13.8 Å². The van der Waals surface area contributed by atoms with Gasteiger partial charge in [-0.05, 0) is 54.0 Å². The standard InChI is InChI=1S/C27H42N4O2Si2/c1-26(2,3)34(7,8)32-17-15-31(16-18-33-35(9,10)27(4,5)6)24-13-11-22(12-14-24)25(21-30)23(19-28)20-29/h11-14H,15-18H2,1-10H3. The molecule has 1 aromatic carbocycles. The average Bonchev–Trinajstić information content (AvgIpc) is 2.75. The molecule has 0 fully saturated rings. The van der Waals surface area contributed by atoms with Gasteiger partial charge in [-0.25, -0.2) is 0 Å². The van der Waals surface area contributed by atoms with E-state index in [4.69, 9.17) is 19.4 Å². The molecule has 0 aromatic heterocycles. The van der Waals surface area contributed by atoms with Gasteiger partial charge >= 0.3 is 0 Å². The third-order valence-corrected chi connectivity index (χ3v) is 16.4. The molecule has 6 nitrogen and oxygen atoms in total. The van der Waals surface area contributed by atoms with Crippen LogP contribution in [0.5, 0.6) is 0 Å². The van der Waals surface area contributed by atoms with E-state index in [1.54, 1.807) is 12.1 Å². The van der Waals surface area contributed by atoms with Crippen LogP contribution in [0.3, 0.4) is 0 Å². The minimum atomic E-state index is -1.86. The van der Waals surface area contributed by atoms with Crippen LogP contribution in [0.2, 0.25) is 36.3 Å². The number of nitrogens with zero attached hydrogens (tertiary/aromatic N) is 4. The number of hydrogen-bond donors (Lipinski definition) is 0. The highest BCUT2D eigenvalue weighted by Crippen LogP contribution is 2.37. The highest BCUT2D eigenvalue weighted by atomic mass is 28.4. The molecule has 0 atom stereocenters. The molecule has 0 saturated heterocycles. The van der Waals surface area contributed by atoms with Crippen molar-refractivity contribution in [2.24, 2.45) is 0 Å². The van der Waals surface area contributed by atoms with Crippen LogP contribution in [0, 0.1) is 34.0 Å². The summed E-state index contributed by atoms with van der Waals surface area (Å²) < 4.78 is 12.9. The van der Waals surface area contributed by atoms with Crippen molar-refractivity contribution < 1.29 is 8.85 Å². The molecule has 1 rings (SSSR count). The van der Waals surface area contributed by atoms with Gasteiger partial charge in [0.25, 0.3) is 0 Å². The van der Waals surface area contributed by atoms with E-state index in [1.165, 1.54) is 0 Å². The monoisotopic (exact) mass is 510 g/mol. The first-order valence-electron chi connectivity index (χ1n) is 12.1. The third kappa shape index (κ3) is 8.34. The number of benzene rings is 1. The highest BCUT2D eigenvalue weighted by Gasteiger charge is 2.38. The summed E-state index contributed by atoms with van der Waals surface area (Å²) in [4.78, 5) is 2.25. The van der Waals surface area contributed by atoms with Crippen molar-refractivity contribution in [3.63, 3.8) is 0 Å². The van der Waals surface area contributed by atoms with Crippen LogP contribution in [0.25, 0.3) is 5.57 Å². The Balaban J connectivity index is 3.13. The Hall–Kier alpha value is -2.42. The largest absolute Gasteiger partial charge is 0.415 e. The number of hydrogen-bond acceptors (Lipinski definition) is 6. The number of allylic oxidation sites excluding steroid dienone is 2. The summed E-state index contributed by atoms with van der Waals surface area (Å²) in [5.74, 6) is 0. The Labute approximate surface area is 215 Å². The molecule has 0 radical (unpaired) electrons. The van der Waals surface area contributed by atoms with Gasteiger partial charge in [0, 0.05) is 18.8 Å². The summed E-state index contributed by atoms with van der Waals surface area (Å²) in [7, 11) is -3.73. The second-order valence-corrected chi connectivity index (χ2v) is 21.5. The maximum Gasteiger partial charge on any atom is 0.192 e. The zero-order chi connectivity index (χ0) is 27.1. The highest BCUT2D eigenvalue weighted by molar-refractivity contribution is 6.74. The van der Waals surface area contributed by atoms with Crippen LogP contribution in [0.4, 0.5) is 5.69 Å². The Kier molecular flexibility index (Phi) is 10.5. The van der Waals surface area contributed by atoms with Crippen molar-refractivity contribution in [2.45, 2.75) is 77.8 Å². The van der Waals surface area contributed by atoms with Gasteiger partial charge in [-0.3, -0.25) is 0 Å². The van der Waals surface area contributed by atoms with E-state index in [9.17, 15) is 5.26 Å². The van der Waals surface area contributed by atoms with E-state index < -0.39 is 16.6 Å². The number of anilines is 1. The summed E-state index contributed by atoms with van der Waals surface area (Å²) in [6.45, 7) is 25.1. The van der Waals surface area contributed by atoms with Crippen LogP contribution in [0.1, 0.15) is 47.1 Å². The van der Waals surface area contributed by atoms with Gasteiger partial charge in [-0.1, -0.05) is 53.7 Å². The molecule has 0 aliphatic carbocycles. The molecule has 0 amide bonds. The molecule has 0 unspecified atom stereocenters. The van der Waals surface area contributed by atoms with E-state index in [-0.39, 0.29) is 21.2 Å². The van der Waals surface area contributed by atoms with Crippen molar-refractivity contribution in [1.29, 1.82) is 15.8 Å². The fourth-order valence-corrected chi connectivity index (χ4v) is 4.93. The van der Waals surface area contributed by atoms with E-state index >= 15 is 0 Å². The lowest BCUT2D eigenvalue weighted by Gasteiger charge is -2.38. The molecule has 0 aliphatic heterocycles. The van der Waals surface area contributed by atoms with Gasteiger partial charge in [0.15, 0.2) is 16.6 Å². The van der Waals surface area contributed by atoms with Gasteiger partial charge in [-0.2, -0.15) is 15.8 Å². The molecule has 0 spiro atoms. The number of nitriles is 3. The topological polar surface area (TPSA) is 93.1 Å². The lowest BCUT2D eigenvalue weighted by molar-refractivity contribution is 0.276. The van der Waals surface area contributed by atoms with Gasteiger partial charge in [0.2, 0.25) is 0 Å². The van der Waals surface area contributed by atoms with Gasteiger partial charge in [0.1, 0.15) is 23.8 Å². The molecule has 0 bridgehead atoms. The fourth-order valence-electron chi connectivity index (χ4n) is 2.87. The molecule has 0 N–H and O–H groups in total. The maximum atomic E-state index is 9.46. The first-order chi connectivity index (χ1) is 16.0. The van der Waals surface area contributed by atoms with Crippen LogP contribution in [-0.4, -0.2) is 42.9 Å². The predicted octanol–water partition coefficient (Wildman–Crippen LogP) is 6.86. The van der Waals surface area contributed by atoms with Crippen molar-refractivity contribution in [2.75, 3.05) is 31.2 Å². The van der Waals surface area contributed by atoms with Crippen molar-refractivity contribution in [3.8, 4) is 18.2 Å². The maximum absolute atomic E-state index is 9.46. The van der Waals surface area contributed by atoms with Crippen molar-refractivity contribution in [1.82, 2.24) is 0 Å². The van der Waals surface area contributed by atoms with E-state index in [0.29, 0.717) is 18.8 Å². The zero-order valence-corrected chi connectivity index (χ0v) is 25.2.